The van der Waals surface area contributed by atoms with Gasteiger partial charge in [-0.15, -0.1) is 0 Å². The quantitative estimate of drug-likeness (QED) is 0.314. The molecule has 186 valence electrons. The molecule has 1 amide bonds. The van der Waals surface area contributed by atoms with Crippen LogP contribution in [0.5, 0.6) is 17.2 Å². The maximum Gasteiger partial charge on any atom is 0.336 e. The van der Waals surface area contributed by atoms with Crippen molar-refractivity contribution in [2.75, 3.05) is 7.11 Å². The number of fused-ring (bicyclic) bond motifs is 1. The average Bonchev–Trinajstić information content (AvgIpc) is 2.93. The molecule has 0 fully saturated rings. The second-order valence-electron chi connectivity index (χ2n) is 8.13. The maximum atomic E-state index is 13.2. The van der Waals surface area contributed by atoms with E-state index in [1.807, 2.05) is 30.3 Å². The van der Waals surface area contributed by atoms with E-state index < -0.39 is 35.5 Å². The first-order valence-electron chi connectivity index (χ1n) is 11.3. The Kier molecular flexibility index (Phi) is 7.62. The van der Waals surface area contributed by atoms with Crippen molar-refractivity contribution in [2.45, 2.75) is 18.6 Å². The number of methoxy groups -OCH3 is 1. The molecule has 3 N–H and O–H groups in total. The first-order chi connectivity index (χ1) is 17.9. The van der Waals surface area contributed by atoms with Crippen LogP contribution in [0.15, 0.2) is 78.9 Å². The standard InChI is InChI=1S/C28H23N3O6/c1-36-28(35)26(33)22(14-17-8-4-2-5-9-17)31-27(34)24-25(32)20-13-12-19(15-21(20)23(16-29)30-24)37-18-10-6-3-7-11-18/h2-13,15,22,26,32-33H,14H2,1H3,(H,31,34)/t22-,26+/m1/s1. The Hall–Kier alpha value is -4.94. The number of carbonyl (C=O) groups excluding carboxylic acids is 2. The van der Waals surface area contributed by atoms with Crippen molar-refractivity contribution in [3.8, 4) is 23.3 Å². The summed E-state index contributed by atoms with van der Waals surface area (Å²) in [5, 5.41) is 34.2. The molecule has 0 aliphatic rings. The van der Waals surface area contributed by atoms with Crippen LogP contribution < -0.4 is 10.1 Å². The molecule has 0 spiro atoms. The molecule has 2 atom stereocenters. The van der Waals surface area contributed by atoms with Gasteiger partial charge < -0.3 is 25.0 Å². The van der Waals surface area contributed by atoms with Crippen molar-refractivity contribution in [3.05, 3.63) is 95.8 Å². The van der Waals surface area contributed by atoms with Gasteiger partial charge in [-0.25, -0.2) is 9.78 Å². The van der Waals surface area contributed by atoms with Gasteiger partial charge in [0.25, 0.3) is 5.91 Å². The van der Waals surface area contributed by atoms with E-state index >= 15 is 0 Å². The largest absolute Gasteiger partial charge is 0.505 e. The number of aliphatic hydroxyl groups is 1. The lowest BCUT2D eigenvalue weighted by Crippen LogP contribution is -2.48. The monoisotopic (exact) mass is 497 g/mol. The predicted molar refractivity (Wildman–Crippen MR) is 134 cm³/mol. The van der Waals surface area contributed by atoms with Crippen LogP contribution in [0.25, 0.3) is 10.8 Å². The van der Waals surface area contributed by atoms with Crippen molar-refractivity contribution in [2.24, 2.45) is 0 Å². The molecule has 3 aromatic carbocycles. The number of benzene rings is 3. The third kappa shape index (κ3) is 5.66. The van der Waals surface area contributed by atoms with E-state index in [1.165, 1.54) is 6.07 Å². The third-order valence-electron chi connectivity index (χ3n) is 5.69. The molecule has 0 saturated carbocycles. The molecule has 4 aromatic rings. The summed E-state index contributed by atoms with van der Waals surface area (Å²) in [7, 11) is 1.12. The van der Waals surface area contributed by atoms with Gasteiger partial charge in [-0.2, -0.15) is 5.26 Å². The lowest BCUT2D eigenvalue weighted by atomic mass is 10.0. The normalized spacial score (nSPS) is 12.2. The van der Waals surface area contributed by atoms with Crippen molar-refractivity contribution in [1.29, 1.82) is 5.26 Å². The van der Waals surface area contributed by atoms with Gasteiger partial charge in [0.05, 0.1) is 13.2 Å². The molecular weight excluding hydrogens is 474 g/mol. The summed E-state index contributed by atoms with van der Waals surface area (Å²) in [5.74, 6) is -1.26. The van der Waals surface area contributed by atoms with E-state index in [2.05, 4.69) is 15.0 Å². The molecule has 0 aliphatic carbocycles. The van der Waals surface area contributed by atoms with Crippen molar-refractivity contribution in [3.63, 3.8) is 0 Å². The number of nitriles is 1. The average molecular weight is 498 g/mol. The summed E-state index contributed by atoms with van der Waals surface area (Å²) in [4.78, 5) is 29.3. The van der Waals surface area contributed by atoms with Gasteiger partial charge in [-0.05, 0) is 42.3 Å². The lowest BCUT2D eigenvalue weighted by molar-refractivity contribution is -0.151. The molecule has 0 unspecified atom stereocenters. The second kappa shape index (κ2) is 11.2. The van der Waals surface area contributed by atoms with Crippen LogP contribution in [-0.4, -0.2) is 46.3 Å². The van der Waals surface area contributed by atoms with Gasteiger partial charge in [-0.1, -0.05) is 48.5 Å². The van der Waals surface area contributed by atoms with Gasteiger partial charge in [0.15, 0.2) is 17.5 Å². The minimum Gasteiger partial charge on any atom is -0.505 e. The SMILES string of the molecule is COC(=O)[C@@H](O)[C@@H](Cc1ccccc1)NC(=O)c1nc(C#N)c2cc(Oc3ccccc3)ccc2c1O. The summed E-state index contributed by atoms with van der Waals surface area (Å²) in [6, 6.07) is 23.5. The predicted octanol–water partition coefficient (Wildman–Crippen LogP) is 3.48. The number of amides is 1. The van der Waals surface area contributed by atoms with Gasteiger partial charge in [0, 0.05) is 10.8 Å². The summed E-state index contributed by atoms with van der Waals surface area (Å²) < 4.78 is 10.4. The van der Waals surface area contributed by atoms with Crippen molar-refractivity contribution >= 4 is 22.6 Å². The number of aromatic nitrogens is 1. The number of para-hydroxylation sites is 1. The fraction of sp³-hybridized carbons (Fsp3) is 0.143. The van der Waals surface area contributed by atoms with Crippen LogP contribution in [0, 0.1) is 11.3 Å². The number of hydrogen-bond acceptors (Lipinski definition) is 8. The molecule has 9 nitrogen and oxygen atoms in total. The Bertz CT molecular complexity index is 1470. The number of nitrogens with one attached hydrogen (secondary N) is 1. The number of esters is 1. The Labute approximate surface area is 212 Å². The number of hydrogen-bond donors (Lipinski definition) is 3. The summed E-state index contributed by atoms with van der Waals surface area (Å²) in [6.07, 6.45) is -1.58. The minimum absolute atomic E-state index is 0.0997. The van der Waals surface area contributed by atoms with Gasteiger partial charge in [0.2, 0.25) is 0 Å². The zero-order chi connectivity index (χ0) is 26.4. The van der Waals surface area contributed by atoms with Crippen LogP contribution in [0.3, 0.4) is 0 Å². The molecule has 4 rings (SSSR count). The van der Waals surface area contributed by atoms with E-state index in [0.717, 1.165) is 12.7 Å². The van der Waals surface area contributed by atoms with Crippen LogP contribution in [0.2, 0.25) is 0 Å². The molecule has 9 heteroatoms. The molecule has 0 bridgehead atoms. The Morgan fingerprint density at radius 2 is 1.68 bits per heavy atom. The topological polar surface area (TPSA) is 142 Å². The molecule has 1 heterocycles. The van der Waals surface area contributed by atoms with Crippen LogP contribution >= 0.6 is 0 Å². The highest BCUT2D eigenvalue weighted by atomic mass is 16.5. The number of aromatic hydroxyl groups is 1. The molecule has 0 saturated heterocycles. The van der Waals surface area contributed by atoms with Crippen molar-refractivity contribution in [1.82, 2.24) is 10.3 Å². The lowest BCUT2D eigenvalue weighted by Gasteiger charge is -2.23. The molecule has 37 heavy (non-hydrogen) atoms. The Morgan fingerprint density at radius 3 is 2.32 bits per heavy atom. The number of rotatable bonds is 8. The molecule has 1 aromatic heterocycles. The number of carbonyl (C=O) groups is 2. The van der Waals surface area contributed by atoms with Gasteiger partial charge in [0.1, 0.15) is 23.3 Å². The van der Waals surface area contributed by atoms with Gasteiger partial charge in [-0.3, -0.25) is 4.79 Å². The Balaban J connectivity index is 1.66. The van der Waals surface area contributed by atoms with Crippen molar-refractivity contribution < 1.29 is 29.3 Å². The minimum atomic E-state index is -1.68. The zero-order valence-electron chi connectivity index (χ0n) is 19.8. The molecular formula is C28H23N3O6. The second-order valence-corrected chi connectivity index (χ2v) is 8.13. The molecule has 0 radical (unpaired) electrons. The number of pyridine rings is 1. The van der Waals surface area contributed by atoms with E-state index in [4.69, 9.17) is 4.74 Å². The van der Waals surface area contributed by atoms with Gasteiger partial charge >= 0.3 is 5.97 Å². The summed E-state index contributed by atoms with van der Waals surface area (Å²) in [6.45, 7) is 0. The van der Waals surface area contributed by atoms with E-state index in [0.29, 0.717) is 16.9 Å². The summed E-state index contributed by atoms with van der Waals surface area (Å²) in [5.41, 5.74) is 0.218. The van der Waals surface area contributed by atoms with E-state index in [-0.39, 0.29) is 17.5 Å². The maximum absolute atomic E-state index is 13.2. The zero-order valence-corrected chi connectivity index (χ0v) is 19.8. The summed E-state index contributed by atoms with van der Waals surface area (Å²) >= 11 is 0. The highest BCUT2D eigenvalue weighted by Gasteiger charge is 2.30. The molecule has 0 aliphatic heterocycles. The first kappa shape index (κ1) is 25.2. The van der Waals surface area contributed by atoms with Crippen LogP contribution in [0.1, 0.15) is 21.7 Å². The van der Waals surface area contributed by atoms with Crippen LogP contribution in [0.4, 0.5) is 0 Å². The van der Waals surface area contributed by atoms with Crippen LogP contribution in [-0.2, 0) is 16.0 Å². The smallest absolute Gasteiger partial charge is 0.336 e. The fourth-order valence-corrected chi connectivity index (χ4v) is 3.84. The first-order valence-corrected chi connectivity index (χ1v) is 11.3. The fourth-order valence-electron chi connectivity index (χ4n) is 3.84. The Morgan fingerprint density at radius 1 is 1.00 bits per heavy atom. The van der Waals surface area contributed by atoms with E-state index in [1.54, 1.807) is 48.5 Å². The van der Waals surface area contributed by atoms with E-state index in [9.17, 15) is 25.1 Å². The third-order valence-corrected chi connectivity index (χ3v) is 5.69. The highest BCUT2D eigenvalue weighted by Crippen LogP contribution is 2.33. The number of aliphatic hydroxyl groups excluding tert-OH is 1. The highest BCUT2D eigenvalue weighted by molar-refractivity contribution is 6.03. The number of nitrogens with zero attached hydrogens (tertiary/aromatic N) is 2. The number of ether oxygens (including phenoxy) is 2.